The first kappa shape index (κ1) is 15.7. The minimum absolute atomic E-state index is 0.167. The average molecular weight is 401 g/mol. The zero-order chi connectivity index (χ0) is 19.7. The predicted molar refractivity (Wildman–Crippen MR) is 125 cm³/mol. The quantitative estimate of drug-likeness (QED) is 0.305. The SMILES string of the molecule is Cc1cc2c3c(c1)-c1cccc4c1B1c5c(cccc5-c5cc(C)cc(c5N13)S2)O4. The van der Waals surface area contributed by atoms with E-state index in [1.807, 2.05) is 11.8 Å². The fraction of sp³-hybridized carbons (Fsp3) is 0.0769. The predicted octanol–water partition coefficient (Wildman–Crippen LogP) is 5.78. The van der Waals surface area contributed by atoms with Crippen LogP contribution >= 0.6 is 11.8 Å². The van der Waals surface area contributed by atoms with E-state index in [0.717, 1.165) is 11.5 Å². The lowest BCUT2D eigenvalue weighted by molar-refractivity contribution is 0.487. The van der Waals surface area contributed by atoms with Crippen molar-refractivity contribution in [3.05, 3.63) is 71.8 Å². The van der Waals surface area contributed by atoms with Crippen LogP contribution in [0.25, 0.3) is 22.3 Å². The maximum Gasteiger partial charge on any atom is 0.337 e. The standard InChI is InChI=1S/C26H16BNOS/c1-13-9-17-15-5-3-7-19-23(15)27-24-16(6-4-8-20(24)29-19)18-10-14(2)12-22-26(18)28(27)25(17)21(11-13)30-22/h3-12H,1-2H3. The molecule has 0 amide bonds. The van der Waals surface area contributed by atoms with Crippen molar-refractivity contribution >= 4 is 40.9 Å². The van der Waals surface area contributed by atoms with Gasteiger partial charge < -0.3 is 9.55 Å². The van der Waals surface area contributed by atoms with E-state index in [2.05, 4.69) is 79.3 Å². The normalized spacial score (nSPS) is 15.0. The Hall–Kier alpha value is -3.11. The van der Waals surface area contributed by atoms with Gasteiger partial charge in [-0.2, -0.15) is 0 Å². The summed E-state index contributed by atoms with van der Waals surface area (Å²) in [5.41, 5.74) is 13.2. The Morgan fingerprint density at radius 1 is 0.700 bits per heavy atom. The Labute approximate surface area is 179 Å². The van der Waals surface area contributed by atoms with Gasteiger partial charge in [-0.15, -0.1) is 0 Å². The number of aryl methyl sites for hydroxylation is 2. The van der Waals surface area contributed by atoms with Crippen LogP contribution in [0, 0.1) is 13.8 Å². The minimum atomic E-state index is 0.167. The van der Waals surface area contributed by atoms with E-state index in [1.165, 1.54) is 65.5 Å². The molecule has 0 spiro atoms. The summed E-state index contributed by atoms with van der Waals surface area (Å²) in [7, 11) is 0. The number of anilines is 2. The molecule has 0 atom stereocenters. The first-order valence-corrected chi connectivity index (χ1v) is 11.2. The summed E-state index contributed by atoms with van der Waals surface area (Å²) < 4.78 is 6.49. The smallest absolute Gasteiger partial charge is 0.337 e. The van der Waals surface area contributed by atoms with Crippen molar-refractivity contribution in [1.82, 2.24) is 0 Å². The molecule has 0 aromatic heterocycles. The molecule has 0 radical (unpaired) electrons. The van der Waals surface area contributed by atoms with Gasteiger partial charge in [0.05, 0.1) is 11.4 Å². The highest BCUT2D eigenvalue weighted by Crippen LogP contribution is 2.59. The lowest BCUT2D eigenvalue weighted by atomic mass is 9.42. The summed E-state index contributed by atoms with van der Waals surface area (Å²) in [6.45, 7) is 4.58. The van der Waals surface area contributed by atoms with Crippen molar-refractivity contribution < 1.29 is 4.74 Å². The molecule has 4 aromatic carbocycles. The monoisotopic (exact) mass is 401 g/mol. The molecule has 30 heavy (non-hydrogen) atoms. The number of nitrogens with zero attached hydrogens (tertiary/aromatic N) is 1. The van der Waals surface area contributed by atoms with E-state index >= 15 is 0 Å². The van der Waals surface area contributed by atoms with Gasteiger partial charge in [-0.25, -0.2) is 0 Å². The third-order valence-corrected chi connectivity index (χ3v) is 7.94. The molecule has 0 bridgehead atoms. The molecule has 8 rings (SSSR count). The molecule has 140 valence electrons. The first-order chi connectivity index (χ1) is 14.7. The Morgan fingerprint density at radius 3 is 1.77 bits per heavy atom. The zero-order valence-electron chi connectivity index (χ0n) is 16.6. The second-order valence-corrected chi connectivity index (χ2v) is 9.81. The molecule has 0 aliphatic carbocycles. The van der Waals surface area contributed by atoms with Crippen molar-refractivity contribution in [3.8, 4) is 33.8 Å². The van der Waals surface area contributed by atoms with Crippen molar-refractivity contribution in [2.75, 3.05) is 4.81 Å². The fourth-order valence-corrected chi connectivity index (χ4v) is 7.20. The van der Waals surface area contributed by atoms with Crippen LogP contribution in [0.4, 0.5) is 11.4 Å². The van der Waals surface area contributed by atoms with Crippen LogP contribution in [-0.4, -0.2) is 6.85 Å². The van der Waals surface area contributed by atoms with Crippen LogP contribution in [0.3, 0.4) is 0 Å². The van der Waals surface area contributed by atoms with Crippen molar-refractivity contribution in [2.45, 2.75) is 23.6 Å². The second-order valence-electron chi connectivity index (χ2n) is 8.73. The number of hydrogen-bond donors (Lipinski definition) is 0. The van der Waals surface area contributed by atoms with Crippen LogP contribution < -0.4 is 20.5 Å². The largest absolute Gasteiger partial charge is 0.458 e. The molecule has 0 fully saturated rings. The van der Waals surface area contributed by atoms with Gasteiger partial charge >= 0.3 is 6.85 Å². The molecule has 2 nitrogen and oxygen atoms in total. The number of ether oxygens (including phenoxy) is 1. The lowest BCUT2D eigenvalue weighted by Crippen LogP contribution is -2.62. The van der Waals surface area contributed by atoms with Crippen LogP contribution in [-0.2, 0) is 0 Å². The van der Waals surface area contributed by atoms with E-state index in [1.54, 1.807) is 0 Å². The molecule has 4 aliphatic rings. The molecule has 0 N–H and O–H groups in total. The summed E-state index contributed by atoms with van der Waals surface area (Å²) >= 11 is 1.92. The van der Waals surface area contributed by atoms with Crippen LogP contribution in [0.2, 0.25) is 0 Å². The molecule has 0 unspecified atom stereocenters. The summed E-state index contributed by atoms with van der Waals surface area (Å²) in [4.78, 5) is 5.33. The second kappa shape index (κ2) is 4.96. The lowest BCUT2D eigenvalue weighted by Gasteiger charge is -2.49. The molecule has 0 saturated carbocycles. The van der Waals surface area contributed by atoms with E-state index in [9.17, 15) is 0 Å². The van der Waals surface area contributed by atoms with Gasteiger partial charge in [0.15, 0.2) is 0 Å². The summed E-state index contributed by atoms with van der Waals surface area (Å²) in [5.74, 6) is 1.98. The molecule has 0 saturated heterocycles. The van der Waals surface area contributed by atoms with E-state index < -0.39 is 0 Å². The first-order valence-electron chi connectivity index (χ1n) is 10.4. The highest BCUT2D eigenvalue weighted by Gasteiger charge is 2.50. The molecular weight excluding hydrogens is 385 g/mol. The highest BCUT2D eigenvalue weighted by molar-refractivity contribution is 7.99. The van der Waals surface area contributed by atoms with Crippen LogP contribution in [0.1, 0.15) is 11.1 Å². The Balaban J connectivity index is 1.63. The number of benzene rings is 4. The van der Waals surface area contributed by atoms with Crippen molar-refractivity contribution in [3.63, 3.8) is 0 Å². The number of fused-ring (bicyclic) bond motifs is 2. The van der Waals surface area contributed by atoms with E-state index in [0.29, 0.717) is 0 Å². The van der Waals surface area contributed by atoms with E-state index in [-0.39, 0.29) is 6.85 Å². The van der Waals surface area contributed by atoms with Gasteiger partial charge in [-0.3, -0.25) is 0 Å². The molecular formula is C26H16BNOS. The summed E-state index contributed by atoms with van der Waals surface area (Å²) in [6, 6.07) is 22.5. The zero-order valence-corrected chi connectivity index (χ0v) is 17.4. The molecule has 4 aliphatic heterocycles. The Morgan fingerprint density at radius 2 is 1.23 bits per heavy atom. The van der Waals surface area contributed by atoms with Gasteiger partial charge in [0.1, 0.15) is 11.5 Å². The summed E-state index contributed by atoms with van der Waals surface area (Å²) in [6.07, 6.45) is 0. The summed E-state index contributed by atoms with van der Waals surface area (Å²) in [5, 5.41) is 0. The molecule has 4 heterocycles. The van der Waals surface area contributed by atoms with E-state index in [4.69, 9.17) is 4.74 Å². The third kappa shape index (κ3) is 1.65. The maximum absolute atomic E-state index is 6.49. The highest BCUT2D eigenvalue weighted by atomic mass is 32.2. The topological polar surface area (TPSA) is 12.5 Å². The number of rotatable bonds is 0. The number of hydrogen-bond acceptors (Lipinski definition) is 3. The van der Waals surface area contributed by atoms with Gasteiger partial charge in [-0.05, 0) is 72.5 Å². The van der Waals surface area contributed by atoms with Crippen LogP contribution in [0.15, 0.2) is 70.5 Å². The molecule has 4 aromatic rings. The van der Waals surface area contributed by atoms with Crippen molar-refractivity contribution in [2.24, 2.45) is 0 Å². The third-order valence-electron chi connectivity index (χ3n) is 6.88. The fourth-order valence-electron chi connectivity index (χ4n) is 5.86. The van der Waals surface area contributed by atoms with Crippen LogP contribution in [0.5, 0.6) is 11.5 Å². The minimum Gasteiger partial charge on any atom is -0.458 e. The Bertz CT molecular complexity index is 1380. The Kier molecular flexibility index (Phi) is 2.59. The van der Waals surface area contributed by atoms with Gasteiger partial charge in [0, 0.05) is 31.8 Å². The van der Waals surface area contributed by atoms with Crippen molar-refractivity contribution in [1.29, 1.82) is 0 Å². The van der Waals surface area contributed by atoms with Gasteiger partial charge in [0.2, 0.25) is 0 Å². The van der Waals surface area contributed by atoms with Gasteiger partial charge in [-0.1, -0.05) is 36.0 Å². The molecule has 4 heteroatoms. The van der Waals surface area contributed by atoms with Gasteiger partial charge in [0.25, 0.3) is 0 Å². The average Bonchev–Trinajstić information content (AvgIpc) is 2.74. The maximum atomic E-state index is 6.49.